The number of amides is 1. The number of rotatable bonds is 7. The molecule has 1 atom stereocenters. The third-order valence-electron chi connectivity index (χ3n) is 3.97. The molecule has 134 valence electrons. The standard InChI is InChI=1S/C16H23FN2O4S/c17-14-5-1-6-15(10-14)23-12-13-4-2-8-19(11-13)16(20)7-3-9-24(18,21)22/h1,5-6,10,13H,2-4,7-9,11-12H2,(H2,18,21,22)/t13-/m1/s1. The SMILES string of the molecule is NS(=O)(=O)CCCC(=O)N1CCC[C@@H](COc2cccc(F)c2)C1. The lowest BCUT2D eigenvalue weighted by atomic mass is 9.98. The fraction of sp³-hybridized carbons (Fsp3) is 0.562. The first-order valence-corrected chi connectivity index (χ1v) is 9.71. The highest BCUT2D eigenvalue weighted by Gasteiger charge is 2.24. The number of ether oxygens (including phenoxy) is 1. The van der Waals surface area contributed by atoms with Gasteiger partial charge in [0.1, 0.15) is 11.6 Å². The molecule has 1 heterocycles. The Morgan fingerprint density at radius 1 is 1.42 bits per heavy atom. The molecule has 1 aliphatic heterocycles. The summed E-state index contributed by atoms with van der Waals surface area (Å²) in [7, 11) is -3.53. The molecule has 0 aromatic heterocycles. The van der Waals surface area contributed by atoms with Gasteiger partial charge in [-0.2, -0.15) is 0 Å². The molecule has 2 rings (SSSR count). The minimum atomic E-state index is -3.53. The second-order valence-corrected chi connectivity index (χ2v) is 7.82. The van der Waals surface area contributed by atoms with Gasteiger partial charge < -0.3 is 9.64 Å². The van der Waals surface area contributed by atoms with Crippen molar-refractivity contribution in [2.75, 3.05) is 25.4 Å². The summed E-state index contributed by atoms with van der Waals surface area (Å²) in [5, 5.41) is 4.93. The van der Waals surface area contributed by atoms with Gasteiger partial charge in [-0.05, 0) is 31.4 Å². The van der Waals surface area contributed by atoms with Crippen LogP contribution in [0.25, 0.3) is 0 Å². The molecule has 24 heavy (non-hydrogen) atoms. The van der Waals surface area contributed by atoms with E-state index in [-0.39, 0.29) is 36.2 Å². The van der Waals surface area contributed by atoms with E-state index in [2.05, 4.69) is 0 Å². The van der Waals surface area contributed by atoms with E-state index in [9.17, 15) is 17.6 Å². The van der Waals surface area contributed by atoms with Crippen LogP contribution in [-0.4, -0.2) is 44.7 Å². The molecule has 1 fully saturated rings. The molecule has 1 saturated heterocycles. The van der Waals surface area contributed by atoms with Gasteiger partial charge in [-0.3, -0.25) is 4.79 Å². The summed E-state index contributed by atoms with van der Waals surface area (Å²) < 4.78 is 40.5. The summed E-state index contributed by atoms with van der Waals surface area (Å²) in [4.78, 5) is 13.9. The van der Waals surface area contributed by atoms with Gasteiger partial charge in [0.2, 0.25) is 15.9 Å². The summed E-state index contributed by atoms with van der Waals surface area (Å²) in [6.45, 7) is 1.67. The first kappa shape index (κ1) is 18.7. The number of hydrogen-bond donors (Lipinski definition) is 1. The first-order chi connectivity index (χ1) is 11.3. The summed E-state index contributed by atoms with van der Waals surface area (Å²) in [6, 6.07) is 5.98. The minimum absolute atomic E-state index is 0.0610. The summed E-state index contributed by atoms with van der Waals surface area (Å²) in [6.07, 6.45) is 2.22. The van der Waals surface area contributed by atoms with Crippen molar-refractivity contribution >= 4 is 15.9 Å². The zero-order valence-electron chi connectivity index (χ0n) is 13.5. The van der Waals surface area contributed by atoms with Gasteiger partial charge in [0.05, 0.1) is 12.4 Å². The Balaban J connectivity index is 1.77. The van der Waals surface area contributed by atoms with Crippen LogP contribution >= 0.6 is 0 Å². The fourth-order valence-electron chi connectivity index (χ4n) is 2.78. The van der Waals surface area contributed by atoms with E-state index in [0.29, 0.717) is 25.4 Å². The number of sulfonamides is 1. The van der Waals surface area contributed by atoms with Gasteiger partial charge in [0.25, 0.3) is 0 Å². The van der Waals surface area contributed by atoms with Crippen molar-refractivity contribution in [3.8, 4) is 5.75 Å². The van der Waals surface area contributed by atoms with E-state index < -0.39 is 10.0 Å². The third kappa shape index (κ3) is 6.45. The lowest BCUT2D eigenvalue weighted by Gasteiger charge is -2.32. The number of carbonyl (C=O) groups excluding carboxylic acids is 1. The largest absolute Gasteiger partial charge is 0.493 e. The predicted molar refractivity (Wildman–Crippen MR) is 88.4 cm³/mol. The normalized spacial score (nSPS) is 18.4. The van der Waals surface area contributed by atoms with Gasteiger partial charge in [0, 0.05) is 31.5 Å². The number of benzene rings is 1. The van der Waals surface area contributed by atoms with E-state index in [1.165, 1.54) is 12.1 Å². The molecule has 0 radical (unpaired) electrons. The van der Waals surface area contributed by atoms with E-state index >= 15 is 0 Å². The molecule has 0 unspecified atom stereocenters. The van der Waals surface area contributed by atoms with Crippen LogP contribution in [0.5, 0.6) is 5.75 Å². The van der Waals surface area contributed by atoms with Crippen LogP contribution in [0.2, 0.25) is 0 Å². The maximum absolute atomic E-state index is 13.1. The minimum Gasteiger partial charge on any atom is -0.493 e. The number of carbonyl (C=O) groups is 1. The maximum atomic E-state index is 13.1. The Labute approximate surface area is 141 Å². The molecule has 6 nitrogen and oxygen atoms in total. The lowest BCUT2D eigenvalue weighted by Crippen LogP contribution is -2.41. The van der Waals surface area contributed by atoms with E-state index in [4.69, 9.17) is 9.88 Å². The second kappa shape index (κ2) is 8.43. The zero-order valence-corrected chi connectivity index (χ0v) is 14.3. The molecule has 0 saturated carbocycles. The van der Waals surface area contributed by atoms with Crippen LogP contribution < -0.4 is 9.88 Å². The molecular weight excluding hydrogens is 335 g/mol. The second-order valence-electron chi connectivity index (χ2n) is 6.09. The first-order valence-electron chi connectivity index (χ1n) is 8.00. The Morgan fingerprint density at radius 2 is 2.21 bits per heavy atom. The van der Waals surface area contributed by atoms with Crippen molar-refractivity contribution in [2.45, 2.75) is 25.7 Å². The van der Waals surface area contributed by atoms with Gasteiger partial charge in [-0.1, -0.05) is 6.07 Å². The van der Waals surface area contributed by atoms with E-state index in [0.717, 1.165) is 12.8 Å². The average molecular weight is 358 g/mol. The zero-order chi connectivity index (χ0) is 17.6. The molecular formula is C16H23FN2O4S. The highest BCUT2D eigenvalue weighted by molar-refractivity contribution is 7.89. The summed E-state index contributed by atoms with van der Waals surface area (Å²) in [5.74, 6) is 0.0753. The Hall–Kier alpha value is -1.67. The van der Waals surface area contributed by atoms with Crippen LogP contribution in [0.3, 0.4) is 0 Å². The fourth-order valence-corrected chi connectivity index (χ4v) is 3.33. The van der Waals surface area contributed by atoms with Crippen molar-refractivity contribution in [2.24, 2.45) is 11.1 Å². The van der Waals surface area contributed by atoms with Crippen LogP contribution in [0, 0.1) is 11.7 Å². The summed E-state index contributed by atoms with van der Waals surface area (Å²) >= 11 is 0. The van der Waals surface area contributed by atoms with Gasteiger partial charge in [0.15, 0.2) is 0 Å². The maximum Gasteiger partial charge on any atom is 0.222 e. The van der Waals surface area contributed by atoms with Crippen LogP contribution in [0.4, 0.5) is 4.39 Å². The van der Waals surface area contributed by atoms with Gasteiger partial charge in [-0.25, -0.2) is 17.9 Å². The van der Waals surface area contributed by atoms with E-state index in [1.54, 1.807) is 17.0 Å². The molecule has 0 spiro atoms. The molecule has 1 aliphatic rings. The van der Waals surface area contributed by atoms with Crippen LogP contribution in [0.1, 0.15) is 25.7 Å². The van der Waals surface area contributed by atoms with Crippen LogP contribution in [-0.2, 0) is 14.8 Å². The highest BCUT2D eigenvalue weighted by atomic mass is 32.2. The van der Waals surface area contributed by atoms with Crippen molar-refractivity contribution < 1.29 is 22.3 Å². The number of halogens is 1. The third-order valence-corrected chi connectivity index (χ3v) is 4.83. The van der Waals surface area contributed by atoms with Crippen molar-refractivity contribution in [1.29, 1.82) is 0 Å². The Bertz CT molecular complexity index is 666. The molecule has 1 amide bonds. The van der Waals surface area contributed by atoms with Crippen molar-refractivity contribution in [3.05, 3.63) is 30.1 Å². The highest BCUT2D eigenvalue weighted by Crippen LogP contribution is 2.20. The quantitative estimate of drug-likeness (QED) is 0.800. The molecule has 1 aromatic rings. The number of hydrogen-bond acceptors (Lipinski definition) is 4. The van der Waals surface area contributed by atoms with Crippen LogP contribution in [0.15, 0.2) is 24.3 Å². The van der Waals surface area contributed by atoms with Gasteiger partial charge in [-0.15, -0.1) is 0 Å². The molecule has 0 aliphatic carbocycles. The van der Waals surface area contributed by atoms with Gasteiger partial charge >= 0.3 is 0 Å². The Morgan fingerprint density at radius 3 is 2.92 bits per heavy atom. The average Bonchev–Trinajstić information content (AvgIpc) is 2.52. The number of likely N-dealkylation sites (tertiary alicyclic amines) is 1. The lowest BCUT2D eigenvalue weighted by molar-refractivity contribution is -0.133. The summed E-state index contributed by atoms with van der Waals surface area (Å²) in [5.41, 5.74) is 0. The monoisotopic (exact) mass is 358 g/mol. The Kier molecular flexibility index (Phi) is 6.56. The molecule has 0 bridgehead atoms. The topological polar surface area (TPSA) is 89.7 Å². The van der Waals surface area contributed by atoms with Crippen molar-refractivity contribution in [1.82, 2.24) is 4.90 Å². The number of primary sulfonamides is 1. The van der Waals surface area contributed by atoms with Crippen molar-refractivity contribution in [3.63, 3.8) is 0 Å². The number of nitrogens with zero attached hydrogens (tertiary/aromatic N) is 1. The predicted octanol–water partition coefficient (Wildman–Crippen LogP) is 1.51. The molecule has 2 N–H and O–H groups in total. The number of nitrogens with two attached hydrogens (primary N) is 1. The van der Waals surface area contributed by atoms with E-state index in [1.807, 2.05) is 0 Å². The number of piperidine rings is 1. The molecule has 1 aromatic carbocycles. The molecule has 8 heteroatoms. The smallest absolute Gasteiger partial charge is 0.222 e.